The third-order valence-corrected chi connectivity index (χ3v) is 2.17. The van der Waals surface area contributed by atoms with Crippen LogP contribution in [-0.2, 0) is 0 Å². The van der Waals surface area contributed by atoms with Crippen LogP contribution in [0.5, 0.6) is 17.2 Å². The standard InChI is InChI=1S/C12H16N2O3/c1-8(13-2)14-9-6-10(15-3)12(17-5)11(7-9)16-4/h6-7H,2H2,1,3-5H3. The summed E-state index contributed by atoms with van der Waals surface area (Å²) in [4.78, 5) is 7.97. The van der Waals surface area contributed by atoms with Crippen LogP contribution in [0.25, 0.3) is 0 Å². The molecular weight excluding hydrogens is 220 g/mol. The average molecular weight is 236 g/mol. The number of hydrogen-bond donors (Lipinski definition) is 0. The Morgan fingerprint density at radius 3 is 1.94 bits per heavy atom. The van der Waals surface area contributed by atoms with Crippen molar-refractivity contribution < 1.29 is 14.2 Å². The van der Waals surface area contributed by atoms with Crippen molar-refractivity contribution in [3.8, 4) is 17.2 Å². The molecule has 0 radical (unpaired) electrons. The van der Waals surface area contributed by atoms with Crippen LogP contribution in [0, 0.1) is 0 Å². The highest BCUT2D eigenvalue weighted by molar-refractivity contribution is 5.86. The topological polar surface area (TPSA) is 52.4 Å². The van der Waals surface area contributed by atoms with E-state index in [0.29, 0.717) is 28.8 Å². The highest BCUT2D eigenvalue weighted by Gasteiger charge is 2.12. The Morgan fingerprint density at radius 2 is 1.59 bits per heavy atom. The van der Waals surface area contributed by atoms with Gasteiger partial charge in [0.1, 0.15) is 5.84 Å². The maximum atomic E-state index is 5.21. The minimum absolute atomic E-state index is 0.540. The number of aliphatic imine (C=N–C) groups is 2. The first kappa shape index (κ1) is 13.0. The number of rotatable bonds is 4. The summed E-state index contributed by atoms with van der Waals surface area (Å²) in [5, 5.41) is 0. The fourth-order valence-corrected chi connectivity index (χ4v) is 1.35. The van der Waals surface area contributed by atoms with E-state index in [1.165, 1.54) is 0 Å². The first-order valence-corrected chi connectivity index (χ1v) is 4.98. The Morgan fingerprint density at radius 1 is 1.06 bits per heavy atom. The van der Waals surface area contributed by atoms with E-state index in [9.17, 15) is 0 Å². The van der Waals surface area contributed by atoms with Crippen molar-refractivity contribution in [3.63, 3.8) is 0 Å². The fourth-order valence-electron chi connectivity index (χ4n) is 1.35. The predicted molar refractivity (Wildman–Crippen MR) is 68.4 cm³/mol. The SMILES string of the molecule is C=NC(C)=Nc1cc(OC)c(OC)c(OC)c1. The quantitative estimate of drug-likeness (QED) is 0.596. The maximum Gasteiger partial charge on any atom is 0.203 e. The predicted octanol–water partition coefficient (Wildman–Crippen LogP) is 2.46. The van der Waals surface area contributed by atoms with Gasteiger partial charge in [0, 0.05) is 12.1 Å². The normalized spacial score (nSPS) is 10.9. The second-order valence-corrected chi connectivity index (χ2v) is 3.20. The van der Waals surface area contributed by atoms with Crippen molar-refractivity contribution in [1.29, 1.82) is 0 Å². The van der Waals surface area contributed by atoms with Gasteiger partial charge in [-0.05, 0) is 13.6 Å². The Balaban J connectivity index is 3.31. The Labute approximate surface area is 101 Å². The molecule has 0 aliphatic heterocycles. The lowest BCUT2D eigenvalue weighted by molar-refractivity contribution is 0.324. The molecule has 0 atom stereocenters. The van der Waals surface area contributed by atoms with Crippen molar-refractivity contribution in [2.24, 2.45) is 9.98 Å². The second kappa shape index (κ2) is 5.89. The van der Waals surface area contributed by atoms with E-state index in [1.54, 1.807) is 40.4 Å². The lowest BCUT2D eigenvalue weighted by Crippen LogP contribution is -1.94. The van der Waals surface area contributed by atoms with E-state index in [0.717, 1.165) is 0 Å². The summed E-state index contributed by atoms with van der Waals surface area (Å²) in [6.07, 6.45) is 0. The molecule has 0 N–H and O–H groups in total. The molecule has 0 aliphatic rings. The minimum atomic E-state index is 0.540. The van der Waals surface area contributed by atoms with E-state index >= 15 is 0 Å². The molecule has 0 saturated heterocycles. The highest BCUT2D eigenvalue weighted by atomic mass is 16.5. The van der Waals surface area contributed by atoms with Crippen molar-refractivity contribution in [3.05, 3.63) is 12.1 Å². The number of methoxy groups -OCH3 is 3. The molecule has 5 heteroatoms. The van der Waals surface area contributed by atoms with Gasteiger partial charge in [0.15, 0.2) is 11.5 Å². The van der Waals surface area contributed by atoms with Gasteiger partial charge in [-0.3, -0.25) is 0 Å². The van der Waals surface area contributed by atoms with Crippen LogP contribution in [0.15, 0.2) is 22.1 Å². The molecule has 0 bridgehead atoms. The van der Waals surface area contributed by atoms with Crippen LogP contribution < -0.4 is 14.2 Å². The summed E-state index contributed by atoms with van der Waals surface area (Å²) < 4.78 is 15.6. The van der Waals surface area contributed by atoms with Gasteiger partial charge >= 0.3 is 0 Å². The summed E-state index contributed by atoms with van der Waals surface area (Å²) >= 11 is 0. The monoisotopic (exact) mass is 236 g/mol. The zero-order valence-corrected chi connectivity index (χ0v) is 10.5. The molecule has 5 nitrogen and oxygen atoms in total. The molecule has 0 fully saturated rings. The van der Waals surface area contributed by atoms with Gasteiger partial charge in [-0.2, -0.15) is 0 Å². The van der Waals surface area contributed by atoms with Gasteiger partial charge in [-0.25, -0.2) is 9.98 Å². The Kier molecular flexibility index (Phi) is 4.51. The molecule has 0 spiro atoms. The molecule has 1 aromatic carbocycles. The van der Waals surface area contributed by atoms with Crippen LogP contribution in [0.4, 0.5) is 5.69 Å². The van der Waals surface area contributed by atoms with Gasteiger partial charge in [0.05, 0.1) is 27.0 Å². The van der Waals surface area contributed by atoms with Crippen LogP contribution in [0.1, 0.15) is 6.92 Å². The van der Waals surface area contributed by atoms with Gasteiger partial charge < -0.3 is 14.2 Å². The molecule has 0 unspecified atom stereocenters. The summed E-state index contributed by atoms with van der Waals surface area (Å²) in [6, 6.07) is 3.49. The molecule has 0 heterocycles. The van der Waals surface area contributed by atoms with E-state index < -0.39 is 0 Å². The first-order chi connectivity index (χ1) is 8.15. The van der Waals surface area contributed by atoms with Crippen molar-refractivity contribution in [2.75, 3.05) is 21.3 Å². The number of amidine groups is 1. The average Bonchev–Trinajstić information content (AvgIpc) is 2.37. The molecule has 17 heavy (non-hydrogen) atoms. The molecular formula is C12H16N2O3. The second-order valence-electron chi connectivity index (χ2n) is 3.20. The molecule has 0 amide bonds. The van der Waals surface area contributed by atoms with Gasteiger partial charge in [0.25, 0.3) is 0 Å². The molecule has 1 aromatic rings. The van der Waals surface area contributed by atoms with Crippen molar-refractivity contribution in [2.45, 2.75) is 6.92 Å². The van der Waals surface area contributed by atoms with E-state index in [2.05, 4.69) is 16.7 Å². The van der Waals surface area contributed by atoms with Crippen LogP contribution in [0.3, 0.4) is 0 Å². The van der Waals surface area contributed by atoms with E-state index in [4.69, 9.17) is 14.2 Å². The number of ether oxygens (including phenoxy) is 3. The van der Waals surface area contributed by atoms with E-state index in [1.807, 2.05) is 0 Å². The highest BCUT2D eigenvalue weighted by Crippen LogP contribution is 2.40. The van der Waals surface area contributed by atoms with E-state index in [-0.39, 0.29) is 0 Å². The number of benzene rings is 1. The zero-order chi connectivity index (χ0) is 12.8. The lowest BCUT2D eigenvalue weighted by Gasteiger charge is -2.12. The smallest absolute Gasteiger partial charge is 0.203 e. The number of hydrogen-bond acceptors (Lipinski definition) is 4. The first-order valence-electron chi connectivity index (χ1n) is 4.98. The van der Waals surface area contributed by atoms with Gasteiger partial charge in [0.2, 0.25) is 5.75 Å². The minimum Gasteiger partial charge on any atom is -0.493 e. The van der Waals surface area contributed by atoms with Crippen LogP contribution in [0.2, 0.25) is 0 Å². The zero-order valence-electron chi connectivity index (χ0n) is 10.5. The third kappa shape index (κ3) is 2.96. The summed E-state index contributed by atoms with van der Waals surface area (Å²) in [7, 11) is 4.67. The molecule has 0 saturated carbocycles. The molecule has 92 valence electrons. The van der Waals surface area contributed by atoms with Crippen LogP contribution in [-0.4, -0.2) is 33.9 Å². The number of nitrogens with zero attached hydrogens (tertiary/aromatic N) is 2. The Hall–Kier alpha value is -2.04. The van der Waals surface area contributed by atoms with Gasteiger partial charge in [-0.1, -0.05) is 0 Å². The molecule has 0 aliphatic carbocycles. The largest absolute Gasteiger partial charge is 0.493 e. The van der Waals surface area contributed by atoms with Crippen LogP contribution >= 0.6 is 0 Å². The lowest BCUT2D eigenvalue weighted by atomic mass is 10.2. The third-order valence-electron chi connectivity index (χ3n) is 2.17. The fraction of sp³-hybridized carbons (Fsp3) is 0.333. The van der Waals surface area contributed by atoms with Gasteiger partial charge in [-0.15, -0.1) is 0 Å². The van der Waals surface area contributed by atoms with Crippen molar-refractivity contribution in [1.82, 2.24) is 0 Å². The summed E-state index contributed by atoms with van der Waals surface area (Å²) in [5.41, 5.74) is 0.671. The van der Waals surface area contributed by atoms with Crippen molar-refractivity contribution >= 4 is 18.2 Å². The maximum absolute atomic E-state index is 5.21. The molecule has 0 aromatic heterocycles. The summed E-state index contributed by atoms with van der Waals surface area (Å²) in [6.45, 7) is 5.17. The molecule has 1 rings (SSSR count). The summed E-state index contributed by atoms with van der Waals surface area (Å²) in [5.74, 6) is 2.22. The Bertz CT molecular complexity index is 416.